The van der Waals surface area contributed by atoms with E-state index in [1.54, 1.807) is 6.07 Å². The molecule has 0 atom stereocenters. The van der Waals surface area contributed by atoms with Crippen molar-refractivity contribution in [2.75, 3.05) is 11.9 Å². The number of rotatable bonds is 2. The number of nitrogens with one attached hydrogen (secondary N) is 1. The summed E-state index contributed by atoms with van der Waals surface area (Å²) in [5.41, 5.74) is 3.49. The number of benzene rings is 1. The van der Waals surface area contributed by atoms with Gasteiger partial charge in [-0.2, -0.15) is 0 Å². The Morgan fingerprint density at radius 1 is 1.47 bits per heavy atom. The van der Waals surface area contributed by atoms with E-state index in [0.29, 0.717) is 11.5 Å². The van der Waals surface area contributed by atoms with Gasteiger partial charge in [0.25, 0.3) is 0 Å². The van der Waals surface area contributed by atoms with Crippen molar-refractivity contribution >= 4 is 11.7 Å². The molecule has 1 heterocycles. The lowest BCUT2D eigenvalue weighted by atomic mass is 9.96. The number of hydrogen-bond donors (Lipinski definition) is 2. The fourth-order valence-corrected chi connectivity index (χ4v) is 1.97. The molecule has 0 saturated heterocycles. The van der Waals surface area contributed by atoms with Crippen molar-refractivity contribution in [2.24, 2.45) is 0 Å². The number of carboxylic acids is 1. The molecule has 0 amide bonds. The van der Waals surface area contributed by atoms with E-state index in [9.17, 15) is 4.79 Å². The van der Waals surface area contributed by atoms with Gasteiger partial charge < -0.3 is 10.4 Å². The minimum absolute atomic E-state index is 0.357. The third-order valence-electron chi connectivity index (χ3n) is 2.86. The molecule has 15 heavy (non-hydrogen) atoms. The third kappa shape index (κ3) is 1.69. The van der Waals surface area contributed by atoms with Gasteiger partial charge >= 0.3 is 5.97 Å². The molecule has 0 saturated carbocycles. The van der Waals surface area contributed by atoms with E-state index in [-0.39, 0.29) is 0 Å². The average molecular weight is 205 g/mol. The van der Waals surface area contributed by atoms with E-state index in [1.807, 2.05) is 0 Å². The minimum atomic E-state index is -0.822. The number of fused-ring (bicyclic) bond motifs is 1. The minimum Gasteiger partial charge on any atom is -0.478 e. The van der Waals surface area contributed by atoms with Crippen LogP contribution in [0.4, 0.5) is 5.69 Å². The first kappa shape index (κ1) is 10.0. The number of hydrogen-bond acceptors (Lipinski definition) is 2. The maximum atomic E-state index is 11.1. The largest absolute Gasteiger partial charge is 0.478 e. The van der Waals surface area contributed by atoms with E-state index in [2.05, 4.69) is 25.2 Å². The Balaban J connectivity index is 2.57. The molecule has 0 fully saturated rings. The van der Waals surface area contributed by atoms with Gasteiger partial charge in [-0.05, 0) is 35.6 Å². The predicted octanol–water partition coefficient (Wildman–Crippen LogP) is 2.48. The van der Waals surface area contributed by atoms with Crippen molar-refractivity contribution in [1.82, 2.24) is 0 Å². The van der Waals surface area contributed by atoms with Gasteiger partial charge in [-0.3, -0.25) is 0 Å². The summed E-state index contributed by atoms with van der Waals surface area (Å²) >= 11 is 0. The van der Waals surface area contributed by atoms with Gasteiger partial charge in [0.1, 0.15) is 0 Å². The molecule has 2 rings (SSSR count). The van der Waals surface area contributed by atoms with Gasteiger partial charge in [0.05, 0.1) is 5.56 Å². The van der Waals surface area contributed by atoms with Crippen molar-refractivity contribution in [3.8, 4) is 0 Å². The molecule has 0 spiro atoms. The Hall–Kier alpha value is -1.51. The summed E-state index contributed by atoms with van der Waals surface area (Å²) in [6, 6.07) is 3.87. The maximum absolute atomic E-state index is 11.1. The average Bonchev–Trinajstić information content (AvgIpc) is 2.62. The number of aromatic carboxylic acids is 1. The number of carbonyl (C=O) groups is 1. The maximum Gasteiger partial charge on any atom is 0.336 e. The van der Waals surface area contributed by atoms with Crippen molar-refractivity contribution in [1.29, 1.82) is 0 Å². The Kier molecular flexibility index (Phi) is 2.39. The summed E-state index contributed by atoms with van der Waals surface area (Å²) in [7, 11) is 0. The van der Waals surface area contributed by atoms with Crippen LogP contribution < -0.4 is 5.32 Å². The first-order valence-corrected chi connectivity index (χ1v) is 5.23. The van der Waals surface area contributed by atoms with Crippen LogP contribution >= 0.6 is 0 Å². The summed E-state index contributed by atoms with van der Waals surface area (Å²) in [6.07, 6.45) is 0.815. The summed E-state index contributed by atoms with van der Waals surface area (Å²) in [5.74, 6) is -0.465. The predicted molar refractivity (Wildman–Crippen MR) is 59.7 cm³/mol. The van der Waals surface area contributed by atoms with Gasteiger partial charge in [-0.1, -0.05) is 13.8 Å². The summed E-state index contributed by atoms with van der Waals surface area (Å²) in [5, 5.41) is 12.4. The number of anilines is 1. The Morgan fingerprint density at radius 2 is 2.20 bits per heavy atom. The highest BCUT2D eigenvalue weighted by atomic mass is 16.4. The number of carboxylic acid groups (broad SMARTS) is 1. The first-order valence-electron chi connectivity index (χ1n) is 5.23. The standard InChI is InChI=1S/C12H15NO2/c1-7(2)8-5-10(12(14)15)9-3-4-13-11(9)6-8/h5-7,13H,3-4H2,1-2H3,(H,14,15). The van der Waals surface area contributed by atoms with Crippen molar-refractivity contribution in [3.63, 3.8) is 0 Å². The van der Waals surface area contributed by atoms with Crippen molar-refractivity contribution in [3.05, 3.63) is 28.8 Å². The van der Waals surface area contributed by atoms with Gasteiger partial charge in [0.2, 0.25) is 0 Å². The smallest absolute Gasteiger partial charge is 0.336 e. The molecule has 1 aromatic rings. The van der Waals surface area contributed by atoms with Crippen LogP contribution in [0.15, 0.2) is 12.1 Å². The van der Waals surface area contributed by atoms with Crippen LogP contribution in [0.3, 0.4) is 0 Å². The van der Waals surface area contributed by atoms with E-state index < -0.39 is 5.97 Å². The molecule has 2 N–H and O–H groups in total. The normalized spacial score (nSPS) is 13.8. The quantitative estimate of drug-likeness (QED) is 0.779. The topological polar surface area (TPSA) is 49.3 Å². The second-order valence-corrected chi connectivity index (χ2v) is 4.23. The molecule has 3 heteroatoms. The van der Waals surface area contributed by atoms with Gasteiger partial charge in [0, 0.05) is 12.2 Å². The second kappa shape index (κ2) is 3.57. The monoisotopic (exact) mass is 205 g/mol. The lowest BCUT2D eigenvalue weighted by molar-refractivity contribution is 0.0696. The van der Waals surface area contributed by atoms with Crippen LogP contribution in [0.25, 0.3) is 0 Å². The fourth-order valence-electron chi connectivity index (χ4n) is 1.97. The van der Waals surface area contributed by atoms with Crippen LogP contribution in [0.2, 0.25) is 0 Å². The lowest BCUT2D eigenvalue weighted by Crippen LogP contribution is -2.03. The van der Waals surface area contributed by atoms with Crippen LogP contribution in [-0.2, 0) is 6.42 Å². The Bertz CT molecular complexity index is 410. The van der Waals surface area contributed by atoms with Gasteiger partial charge in [-0.15, -0.1) is 0 Å². The molecule has 0 unspecified atom stereocenters. The van der Waals surface area contributed by atoms with E-state index in [1.165, 1.54) is 0 Å². The van der Waals surface area contributed by atoms with Gasteiger partial charge in [0.15, 0.2) is 0 Å². The molecule has 1 aliphatic rings. The molecule has 0 bridgehead atoms. The molecule has 80 valence electrons. The summed E-state index contributed by atoms with van der Waals surface area (Å²) in [6.45, 7) is 4.99. The molecular weight excluding hydrogens is 190 g/mol. The van der Waals surface area contributed by atoms with Crippen LogP contribution in [-0.4, -0.2) is 17.6 Å². The summed E-state index contributed by atoms with van der Waals surface area (Å²) in [4.78, 5) is 11.1. The van der Waals surface area contributed by atoms with Crippen LogP contribution in [0.1, 0.15) is 41.3 Å². The van der Waals surface area contributed by atoms with Crippen molar-refractivity contribution in [2.45, 2.75) is 26.2 Å². The van der Waals surface area contributed by atoms with Crippen molar-refractivity contribution < 1.29 is 9.90 Å². The SMILES string of the molecule is CC(C)c1cc2c(c(C(=O)O)c1)CCN2. The van der Waals surface area contributed by atoms with E-state index >= 15 is 0 Å². The molecule has 3 nitrogen and oxygen atoms in total. The van der Waals surface area contributed by atoms with Crippen LogP contribution in [0, 0.1) is 0 Å². The highest BCUT2D eigenvalue weighted by Gasteiger charge is 2.20. The second-order valence-electron chi connectivity index (χ2n) is 4.23. The Morgan fingerprint density at radius 3 is 2.80 bits per heavy atom. The molecule has 0 aliphatic carbocycles. The highest BCUT2D eigenvalue weighted by Crippen LogP contribution is 2.30. The zero-order valence-electron chi connectivity index (χ0n) is 9.00. The zero-order chi connectivity index (χ0) is 11.0. The molecule has 0 radical (unpaired) electrons. The first-order chi connectivity index (χ1) is 7.09. The highest BCUT2D eigenvalue weighted by molar-refractivity contribution is 5.92. The molecular formula is C12H15NO2. The van der Waals surface area contributed by atoms with E-state index in [4.69, 9.17) is 5.11 Å². The zero-order valence-corrected chi connectivity index (χ0v) is 9.00. The Labute approximate surface area is 89.1 Å². The fraction of sp³-hybridized carbons (Fsp3) is 0.417. The third-order valence-corrected chi connectivity index (χ3v) is 2.86. The molecule has 0 aromatic heterocycles. The lowest BCUT2D eigenvalue weighted by Gasteiger charge is -2.11. The van der Waals surface area contributed by atoms with Crippen LogP contribution in [0.5, 0.6) is 0 Å². The molecule has 1 aromatic carbocycles. The van der Waals surface area contributed by atoms with E-state index in [0.717, 1.165) is 29.8 Å². The molecule has 1 aliphatic heterocycles. The van der Waals surface area contributed by atoms with Gasteiger partial charge in [-0.25, -0.2) is 4.79 Å². The summed E-state index contributed by atoms with van der Waals surface area (Å²) < 4.78 is 0.